The highest BCUT2D eigenvalue weighted by molar-refractivity contribution is 6.28. The fraction of sp³-hybridized carbons (Fsp3) is 0.500. The molecule has 1 fully saturated rings. The summed E-state index contributed by atoms with van der Waals surface area (Å²) in [6.07, 6.45) is 0. The van der Waals surface area contributed by atoms with Crippen molar-refractivity contribution in [2.24, 2.45) is 0 Å². The van der Waals surface area contributed by atoms with Crippen LogP contribution in [0.5, 0.6) is 5.75 Å². The van der Waals surface area contributed by atoms with Gasteiger partial charge in [-0.15, -0.1) is 0 Å². The number of carboxylic acid groups (broad SMARTS) is 1. The maximum atomic E-state index is 11.1. The maximum Gasteiger partial charge on any atom is 0.358 e. The first kappa shape index (κ1) is 11.5. The lowest BCUT2D eigenvalue weighted by Crippen LogP contribution is -2.51. The molecule has 7 nitrogen and oxygen atoms in total. The van der Waals surface area contributed by atoms with Gasteiger partial charge in [0, 0.05) is 6.54 Å². The van der Waals surface area contributed by atoms with Crippen LogP contribution in [0.4, 0.5) is 5.82 Å². The Hall–Kier alpha value is -1.60. The summed E-state index contributed by atoms with van der Waals surface area (Å²) in [7, 11) is 0. The number of ether oxygens (including phenoxy) is 2. The third kappa shape index (κ3) is 1.75. The summed E-state index contributed by atoms with van der Waals surface area (Å²) in [4.78, 5) is 20.8. The van der Waals surface area contributed by atoms with Crippen LogP contribution in [0.15, 0.2) is 0 Å². The average molecular weight is 272 g/mol. The monoisotopic (exact) mass is 271 g/mol. The lowest BCUT2D eigenvalue weighted by Gasteiger charge is -2.40. The summed E-state index contributed by atoms with van der Waals surface area (Å²) in [6, 6.07) is 0.0406. The quantitative estimate of drug-likeness (QED) is 0.741. The van der Waals surface area contributed by atoms with Crippen molar-refractivity contribution in [1.29, 1.82) is 0 Å². The molecular formula is C10H10ClN3O4. The number of carboxylic acids is 1. The number of hydrogen-bond acceptors (Lipinski definition) is 6. The molecule has 3 heterocycles. The van der Waals surface area contributed by atoms with Crippen LogP contribution in [-0.2, 0) is 4.74 Å². The SMILES string of the molecule is O=C(O)c1nc(Cl)nc2c1OCC1COCCN21. The Bertz CT molecular complexity index is 510. The fourth-order valence-corrected chi connectivity index (χ4v) is 2.30. The number of anilines is 1. The van der Waals surface area contributed by atoms with E-state index in [1.165, 1.54) is 0 Å². The van der Waals surface area contributed by atoms with E-state index >= 15 is 0 Å². The molecule has 0 aliphatic carbocycles. The van der Waals surface area contributed by atoms with Gasteiger partial charge in [-0.2, -0.15) is 4.98 Å². The Kier molecular flexibility index (Phi) is 2.71. The number of carbonyl (C=O) groups is 1. The maximum absolute atomic E-state index is 11.1. The third-order valence-electron chi connectivity index (χ3n) is 2.94. The minimum absolute atomic E-state index is 0.0406. The van der Waals surface area contributed by atoms with Crippen molar-refractivity contribution in [3.05, 3.63) is 11.0 Å². The molecule has 2 aliphatic rings. The van der Waals surface area contributed by atoms with Crippen LogP contribution in [0, 0.1) is 0 Å². The number of nitrogens with zero attached hydrogens (tertiary/aromatic N) is 3. The highest BCUT2D eigenvalue weighted by Gasteiger charge is 2.35. The second-order valence-electron chi connectivity index (χ2n) is 4.03. The topological polar surface area (TPSA) is 84.8 Å². The summed E-state index contributed by atoms with van der Waals surface area (Å²) >= 11 is 5.76. The van der Waals surface area contributed by atoms with Crippen molar-refractivity contribution in [2.45, 2.75) is 6.04 Å². The van der Waals surface area contributed by atoms with Crippen LogP contribution in [0.3, 0.4) is 0 Å². The Balaban J connectivity index is 2.10. The van der Waals surface area contributed by atoms with Gasteiger partial charge in [0.25, 0.3) is 0 Å². The zero-order chi connectivity index (χ0) is 12.7. The number of morpholine rings is 1. The van der Waals surface area contributed by atoms with Gasteiger partial charge in [0.2, 0.25) is 5.28 Å². The zero-order valence-electron chi connectivity index (χ0n) is 9.30. The molecule has 0 radical (unpaired) electrons. The molecular weight excluding hydrogens is 262 g/mol. The van der Waals surface area contributed by atoms with Crippen LogP contribution >= 0.6 is 11.6 Å². The molecule has 1 unspecified atom stereocenters. The van der Waals surface area contributed by atoms with Crippen LogP contribution in [0.25, 0.3) is 0 Å². The Morgan fingerprint density at radius 3 is 3.06 bits per heavy atom. The van der Waals surface area contributed by atoms with E-state index in [1.54, 1.807) is 0 Å². The molecule has 8 heteroatoms. The van der Waals surface area contributed by atoms with Crippen molar-refractivity contribution in [2.75, 3.05) is 31.3 Å². The van der Waals surface area contributed by atoms with Gasteiger partial charge in [-0.1, -0.05) is 0 Å². The molecule has 1 aromatic rings. The van der Waals surface area contributed by atoms with Gasteiger partial charge in [0.15, 0.2) is 17.3 Å². The molecule has 0 spiro atoms. The van der Waals surface area contributed by atoms with Gasteiger partial charge < -0.3 is 19.5 Å². The molecule has 1 N–H and O–H groups in total. The normalized spacial score (nSPS) is 21.8. The third-order valence-corrected chi connectivity index (χ3v) is 3.11. The van der Waals surface area contributed by atoms with Crippen LogP contribution in [0.1, 0.15) is 10.5 Å². The van der Waals surface area contributed by atoms with Crippen molar-refractivity contribution in [1.82, 2.24) is 9.97 Å². The molecule has 1 atom stereocenters. The van der Waals surface area contributed by atoms with Gasteiger partial charge in [-0.3, -0.25) is 0 Å². The lowest BCUT2D eigenvalue weighted by molar-refractivity contribution is 0.0641. The van der Waals surface area contributed by atoms with Crippen molar-refractivity contribution < 1.29 is 19.4 Å². The number of halogens is 1. The Labute approximate surface area is 107 Å². The van der Waals surface area contributed by atoms with E-state index in [1.807, 2.05) is 4.90 Å². The molecule has 0 amide bonds. The van der Waals surface area contributed by atoms with Gasteiger partial charge in [0.1, 0.15) is 6.61 Å². The highest BCUT2D eigenvalue weighted by atomic mass is 35.5. The second-order valence-corrected chi connectivity index (χ2v) is 4.37. The van der Waals surface area contributed by atoms with E-state index < -0.39 is 5.97 Å². The van der Waals surface area contributed by atoms with E-state index in [2.05, 4.69) is 9.97 Å². The number of fused-ring (bicyclic) bond motifs is 3. The minimum Gasteiger partial charge on any atom is -0.485 e. The predicted molar refractivity (Wildman–Crippen MR) is 61.4 cm³/mol. The molecule has 1 saturated heterocycles. The first-order chi connectivity index (χ1) is 8.66. The average Bonchev–Trinajstić information content (AvgIpc) is 2.37. The summed E-state index contributed by atoms with van der Waals surface area (Å²) < 4.78 is 10.8. The number of rotatable bonds is 1. The van der Waals surface area contributed by atoms with Crippen molar-refractivity contribution in [3.8, 4) is 5.75 Å². The summed E-state index contributed by atoms with van der Waals surface area (Å²) in [6.45, 7) is 2.09. The molecule has 2 aliphatic heterocycles. The molecule has 0 aromatic carbocycles. The minimum atomic E-state index is -1.18. The molecule has 0 bridgehead atoms. The van der Waals surface area contributed by atoms with Crippen LogP contribution in [0.2, 0.25) is 5.28 Å². The number of aromatic carboxylic acids is 1. The summed E-state index contributed by atoms with van der Waals surface area (Å²) in [5, 5.41) is 8.99. The first-order valence-corrected chi connectivity index (χ1v) is 5.82. The predicted octanol–water partition coefficient (Wildman–Crippen LogP) is 0.426. The first-order valence-electron chi connectivity index (χ1n) is 5.45. The lowest BCUT2D eigenvalue weighted by atomic mass is 10.2. The Morgan fingerprint density at radius 2 is 2.28 bits per heavy atom. The van der Waals surface area contributed by atoms with Crippen molar-refractivity contribution >= 4 is 23.4 Å². The largest absolute Gasteiger partial charge is 0.485 e. The fourth-order valence-electron chi connectivity index (χ4n) is 2.14. The van der Waals surface area contributed by atoms with Crippen LogP contribution in [-0.4, -0.2) is 53.5 Å². The second kappa shape index (κ2) is 4.25. The van der Waals surface area contributed by atoms with E-state index in [9.17, 15) is 4.79 Å². The number of hydrogen-bond donors (Lipinski definition) is 1. The van der Waals surface area contributed by atoms with E-state index in [0.717, 1.165) is 0 Å². The zero-order valence-corrected chi connectivity index (χ0v) is 10.1. The van der Waals surface area contributed by atoms with E-state index in [-0.39, 0.29) is 22.8 Å². The number of aromatic nitrogens is 2. The van der Waals surface area contributed by atoms with E-state index in [4.69, 9.17) is 26.2 Å². The molecule has 0 saturated carbocycles. The summed E-state index contributed by atoms with van der Waals surface area (Å²) in [5.74, 6) is -0.556. The smallest absolute Gasteiger partial charge is 0.358 e. The van der Waals surface area contributed by atoms with Gasteiger partial charge in [0.05, 0.1) is 19.3 Å². The van der Waals surface area contributed by atoms with Gasteiger partial charge >= 0.3 is 5.97 Å². The molecule has 18 heavy (non-hydrogen) atoms. The van der Waals surface area contributed by atoms with Gasteiger partial charge in [-0.05, 0) is 11.6 Å². The molecule has 3 rings (SSSR count). The highest BCUT2D eigenvalue weighted by Crippen LogP contribution is 2.36. The molecule has 1 aromatic heterocycles. The Morgan fingerprint density at radius 1 is 1.44 bits per heavy atom. The van der Waals surface area contributed by atoms with E-state index in [0.29, 0.717) is 32.2 Å². The summed E-state index contributed by atoms with van der Waals surface area (Å²) in [5.41, 5.74) is -0.199. The molecule has 96 valence electrons. The standard InChI is InChI=1S/C10H10ClN3O4/c11-10-12-6(9(15)16)7-8(13-10)14-1-2-17-3-5(14)4-18-7/h5H,1-4H2,(H,15,16). The van der Waals surface area contributed by atoms with Crippen LogP contribution < -0.4 is 9.64 Å². The van der Waals surface area contributed by atoms with Gasteiger partial charge in [-0.25, -0.2) is 9.78 Å². The van der Waals surface area contributed by atoms with Crippen molar-refractivity contribution in [3.63, 3.8) is 0 Å².